The summed E-state index contributed by atoms with van der Waals surface area (Å²) < 4.78 is 0. The summed E-state index contributed by atoms with van der Waals surface area (Å²) in [6.45, 7) is 19.1. The molecule has 0 radical (unpaired) electrons. The Balaban J connectivity index is 2.00. The smallest absolute Gasteiger partial charge is 0.155 e. The van der Waals surface area contributed by atoms with Gasteiger partial charge in [0.2, 0.25) is 0 Å². The molecule has 5 aliphatic rings. The van der Waals surface area contributed by atoms with Gasteiger partial charge in [-0.2, -0.15) is 0 Å². The Morgan fingerprint density at radius 3 is 2.15 bits per heavy atom. The average molecular weight is 388 g/mol. The topological polar surface area (TPSA) is 17.1 Å². The molecule has 4 bridgehead atoms. The molecular formula is C23H34OP2. The minimum absolute atomic E-state index is 0.147. The third-order valence-corrected chi connectivity index (χ3v) is 16.2. The van der Waals surface area contributed by atoms with Gasteiger partial charge in [-0.05, 0) is 37.3 Å². The summed E-state index contributed by atoms with van der Waals surface area (Å²) in [5.41, 5.74) is 6.04. The lowest BCUT2D eigenvalue weighted by Gasteiger charge is -2.62. The average Bonchev–Trinajstić information content (AvgIpc) is 2.81. The van der Waals surface area contributed by atoms with Gasteiger partial charge in [-0.1, -0.05) is 92.3 Å². The maximum absolute atomic E-state index is 13.6. The van der Waals surface area contributed by atoms with Crippen LogP contribution in [-0.2, 0) is 4.79 Å². The quantitative estimate of drug-likeness (QED) is 0.334. The summed E-state index contributed by atoms with van der Waals surface area (Å²) in [5, 5.41) is 0. The molecule has 142 valence electrons. The van der Waals surface area contributed by atoms with E-state index in [-0.39, 0.29) is 30.1 Å². The van der Waals surface area contributed by atoms with Crippen LogP contribution in [-0.4, -0.2) is 33.8 Å². The Kier molecular flexibility index (Phi) is 4.14. The predicted molar refractivity (Wildman–Crippen MR) is 117 cm³/mol. The lowest BCUT2D eigenvalue weighted by molar-refractivity contribution is -0.117. The number of hydrogen-bond acceptors (Lipinski definition) is 1. The van der Waals surface area contributed by atoms with E-state index in [1.807, 2.05) is 0 Å². The van der Waals surface area contributed by atoms with E-state index in [1.165, 1.54) is 12.6 Å². The molecule has 1 saturated heterocycles. The molecule has 1 nitrogen and oxygen atoms in total. The van der Waals surface area contributed by atoms with Crippen molar-refractivity contribution in [2.24, 2.45) is 10.8 Å². The van der Waals surface area contributed by atoms with E-state index >= 15 is 0 Å². The van der Waals surface area contributed by atoms with E-state index in [0.717, 1.165) is 0 Å². The normalized spacial score (nSPS) is 42.1. The van der Waals surface area contributed by atoms with E-state index in [2.05, 4.69) is 73.6 Å². The van der Waals surface area contributed by atoms with Gasteiger partial charge in [0.15, 0.2) is 5.78 Å². The van der Waals surface area contributed by atoms with Gasteiger partial charge in [0.25, 0.3) is 0 Å². The van der Waals surface area contributed by atoms with Gasteiger partial charge in [-0.15, -0.1) is 0 Å². The van der Waals surface area contributed by atoms with Crippen molar-refractivity contribution in [3.05, 3.63) is 34.9 Å². The van der Waals surface area contributed by atoms with Crippen molar-refractivity contribution in [3.63, 3.8) is 0 Å². The monoisotopic (exact) mass is 388 g/mol. The lowest BCUT2D eigenvalue weighted by Crippen LogP contribution is -2.52. The van der Waals surface area contributed by atoms with Gasteiger partial charge in [-0.25, -0.2) is 0 Å². The first-order valence-corrected chi connectivity index (χ1v) is 13.1. The molecule has 0 aromatic heterocycles. The largest absolute Gasteiger partial charge is 0.298 e. The molecule has 0 aromatic rings. The molecule has 6 atom stereocenters. The molecule has 1 fully saturated rings. The van der Waals surface area contributed by atoms with Crippen LogP contribution in [0.4, 0.5) is 0 Å². The van der Waals surface area contributed by atoms with Crippen molar-refractivity contribution in [2.75, 3.05) is 6.16 Å². The fourth-order valence-corrected chi connectivity index (χ4v) is 16.5. The zero-order chi connectivity index (χ0) is 19.2. The molecule has 0 N–H and O–H groups in total. The van der Waals surface area contributed by atoms with Crippen molar-refractivity contribution in [2.45, 2.75) is 83.7 Å². The molecule has 2 unspecified atom stereocenters. The van der Waals surface area contributed by atoms with E-state index in [1.54, 1.807) is 16.7 Å². The molecule has 5 heterocycles. The minimum Gasteiger partial charge on any atom is -0.298 e. The summed E-state index contributed by atoms with van der Waals surface area (Å²) in [6.07, 6.45) is 9.66. The Labute approximate surface area is 162 Å². The molecule has 0 saturated carbocycles. The van der Waals surface area contributed by atoms with Crippen molar-refractivity contribution in [3.8, 4) is 0 Å². The molecule has 5 aliphatic heterocycles. The molecule has 3 heteroatoms. The van der Waals surface area contributed by atoms with Crippen LogP contribution in [0.1, 0.15) is 61.8 Å². The Bertz CT molecular complexity index is 758. The van der Waals surface area contributed by atoms with E-state index in [9.17, 15) is 4.79 Å². The zero-order valence-corrected chi connectivity index (χ0v) is 19.5. The number of ketones is 1. The fourth-order valence-electron chi connectivity index (χ4n) is 5.77. The van der Waals surface area contributed by atoms with Gasteiger partial charge < -0.3 is 0 Å². The summed E-state index contributed by atoms with van der Waals surface area (Å²) in [5.74, 6) is 0.562. The zero-order valence-electron chi connectivity index (χ0n) is 17.7. The maximum atomic E-state index is 13.6. The summed E-state index contributed by atoms with van der Waals surface area (Å²) >= 11 is 0. The van der Waals surface area contributed by atoms with Crippen LogP contribution in [0.2, 0.25) is 0 Å². The number of carbonyl (C=O) groups excluding carboxylic acids is 1. The molecule has 0 amide bonds. The second kappa shape index (κ2) is 5.64. The van der Waals surface area contributed by atoms with Crippen LogP contribution in [0.25, 0.3) is 0 Å². The molecule has 0 aromatic carbocycles. The highest BCUT2D eigenvalue weighted by atomic mass is 31.2. The Morgan fingerprint density at radius 2 is 1.58 bits per heavy atom. The van der Waals surface area contributed by atoms with Crippen LogP contribution in [0, 0.1) is 10.8 Å². The highest BCUT2D eigenvalue weighted by Crippen LogP contribution is 2.87. The van der Waals surface area contributed by atoms with Gasteiger partial charge in [0.1, 0.15) is 0 Å². The van der Waals surface area contributed by atoms with Crippen LogP contribution >= 0.6 is 15.8 Å². The Hall–Kier alpha value is -0.250. The third-order valence-electron chi connectivity index (χ3n) is 7.27. The number of allylic oxidation sites excluding steroid dienone is 6. The van der Waals surface area contributed by atoms with Crippen LogP contribution in [0.5, 0.6) is 0 Å². The predicted octanol–water partition coefficient (Wildman–Crippen LogP) is 6.68. The van der Waals surface area contributed by atoms with Crippen LogP contribution in [0.15, 0.2) is 34.9 Å². The SMILES string of the molecule is CC1=C(C)C[C@]2(C(C)(C)C)P(C1)[C@H]1C=C(C(C)(C)C)[C@@H]3C=C[C@H](C1=O)P32. The van der Waals surface area contributed by atoms with E-state index in [4.69, 9.17) is 0 Å². The third kappa shape index (κ3) is 2.32. The second-order valence-electron chi connectivity index (χ2n) is 10.8. The van der Waals surface area contributed by atoms with Crippen LogP contribution in [0.3, 0.4) is 0 Å². The Morgan fingerprint density at radius 1 is 0.962 bits per heavy atom. The first-order valence-electron chi connectivity index (χ1n) is 10.0. The van der Waals surface area contributed by atoms with Gasteiger partial charge in [0.05, 0.1) is 11.3 Å². The molecule has 0 spiro atoms. The van der Waals surface area contributed by atoms with Gasteiger partial charge in [-0.3, -0.25) is 4.79 Å². The molecular weight excluding hydrogens is 354 g/mol. The minimum atomic E-state index is -0.394. The highest BCUT2D eigenvalue weighted by Gasteiger charge is 2.67. The summed E-state index contributed by atoms with van der Waals surface area (Å²) in [6, 6.07) is 0. The molecule has 5 rings (SSSR count). The summed E-state index contributed by atoms with van der Waals surface area (Å²) in [7, 11) is -0.740. The first kappa shape index (κ1) is 19.1. The lowest BCUT2D eigenvalue weighted by atomic mass is 9.82. The fraction of sp³-hybridized carbons (Fsp3) is 0.696. The standard InChI is InChI=1S/C23H34OP2/c1-14-12-23(22(6,7)8)25(13-15(14)2)19-11-16(21(3,4)5)17-9-10-18(20(19)24)26(17)23/h9-11,17-19H,12-13H2,1-8H3/t17-,18+,19-,23-,25?,26?/m0/s1. The number of hydrogen-bond donors (Lipinski definition) is 0. The van der Waals surface area contributed by atoms with Crippen molar-refractivity contribution >= 4 is 21.6 Å². The molecule has 26 heavy (non-hydrogen) atoms. The highest BCUT2D eigenvalue weighted by molar-refractivity contribution is 7.81. The molecule has 0 aliphatic carbocycles. The second-order valence-corrected chi connectivity index (χ2v) is 16.5. The van der Waals surface area contributed by atoms with Gasteiger partial charge >= 0.3 is 0 Å². The number of Topliss-reactive ketones (excluding diaryl/α,β-unsaturated/α-hetero) is 1. The summed E-state index contributed by atoms with van der Waals surface area (Å²) in [4.78, 5) is 13.9. The number of rotatable bonds is 0. The van der Waals surface area contributed by atoms with Crippen molar-refractivity contribution in [1.29, 1.82) is 0 Å². The van der Waals surface area contributed by atoms with E-state index < -0.39 is 7.92 Å². The maximum Gasteiger partial charge on any atom is 0.155 e. The van der Waals surface area contributed by atoms with E-state index in [0.29, 0.717) is 16.3 Å². The first-order chi connectivity index (χ1) is 11.9. The van der Waals surface area contributed by atoms with Crippen molar-refractivity contribution < 1.29 is 4.79 Å². The van der Waals surface area contributed by atoms with Crippen molar-refractivity contribution in [1.82, 2.24) is 0 Å². The number of carbonyl (C=O) groups is 1. The van der Waals surface area contributed by atoms with Crippen LogP contribution < -0.4 is 0 Å². The van der Waals surface area contributed by atoms with Gasteiger partial charge in [0, 0.05) is 10.6 Å².